The number of carbonyl (C=O) groups excluding carboxylic acids is 1. The highest BCUT2D eigenvalue weighted by atomic mass is 32.1. The molecule has 4 heteroatoms. The Morgan fingerprint density at radius 2 is 2.25 bits per heavy atom. The first kappa shape index (κ1) is 15.1. The minimum Gasteiger partial charge on any atom is -0.384 e. The van der Waals surface area contributed by atoms with E-state index in [0.29, 0.717) is 16.8 Å². The van der Waals surface area contributed by atoms with E-state index < -0.39 is 0 Å². The first-order valence-electron chi connectivity index (χ1n) is 7.09. The molecule has 0 radical (unpaired) electrons. The molecule has 0 aliphatic heterocycles. The Hall–Kier alpha value is -1.31. The summed E-state index contributed by atoms with van der Waals surface area (Å²) in [6, 6.07) is 2.18. The molecule has 2 rings (SSSR count). The molecule has 1 aromatic rings. The number of hydrogen-bond acceptors (Lipinski definition) is 3. The van der Waals surface area contributed by atoms with Crippen molar-refractivity contribution in [3.05, 3.63) is 21.9 Å². The first-order valence-corrected chi connectivity index (χ1v) is 7.97. The van der Waals surface area contributed by atoms with E-state index in [0.717, 1.165) is 12.0 Å². The van der Waals surface area contributed by atoms with Gasteiger partial charge in [0.15, 0.2) is 0 Å². The molecule has 2 unspecified atom stereocenters. The summed E-state index contributed by atoms with van der Waals surface area (Å²) in [5, 5.41) is 10.7. The zero-order chi connectivity index (χ0) is 14.5. The average Bonchev–Trinajstić information content (AvgIpc) is 2.92. The molecule has 0 aromatic carbocycles. The van der Waals surface area contributed by atoms with Gasteiger partial charge in [-0.1, -0.05) is 31.6 Å². The van der Waals surface area contributed by atoms with Gasteiger partial charge in [0.2, 0.25) is 0 Å². The molecule has 0 bridgehead atoms. The predicted molar refractivity (Wildman–Crippen MR) is 81.8 cm³/mol. The summed E-state index contributed by atoms with van der Waals surface area (Å²) >= 11 is 1.43. The Balaban J connectivity index is 2.16. The van der Waals surface area contributed by atoms with Crippen LogP contribution in [0.2, 0.25) is 0 Å². The molecular weight excluding hydrogens is 270 g/mol. The first-order chi connectivity index (χ1) is 9.65. The molecular formula is C16H21NO2S. The summed E-state index contributed by atoms with van der Waals surface area (Å²) in [7, 11) is 1.90. The molecule has 1 N–H and O–H groups in total. The van der Waals surface area contributed by atoms with Crippen LogP contribution in [0.3, 0.4) is 0 Å². The van der Waals surface area contributed by atoms with Crippen LogP contribution in [0.5, 0.6) is 0 Å². The normalized spacial score (nSPS) is 21.9. The van der Waals surface area contributed by atoms with Crippen molar-refractivity contribution < 1.29 is 9.90 Å². The predicted octanol–water partition coefficient (Wildman–Crippen LogP) is 2.74. The van der Waals surface area contributed by atoms with Gasteiger partial charge in [-0.3, -0.25) is 4.79 Å². The molecule has 0 spiro atoms. The van der Waals surface area contributed by atoms with E-state index >= 15 is 0 Å². The van der Waals surface area contributed by atoms with Gasteiger partial charge in [0.25, 0.3) is 5.91 Å². The maximum Gasteiger partial charge on any atom is 0.265 e. The molecule has 20 heavy (non-hydrogen) atoms. The monoisotopic (exact) mass is 291 g/mol. The van der Waals surface area contributed by atoms with E-state index in [1.165, 1.54) is 30.6 Å². The van der Waals surface area contributed by atoms with Crippen LogP contribution in [-0.4, -0.2) is 35.6 Å². The van der Waals surface area contributed by atoms with Crippen molar-refractivity contribution in [1.29, 1.82) is 0 Å². The molecule has 0 saturated heterocycles. The van der Waals surface area contributed by atoms with Crippen molar-refractivity contribution in [2.45, 2.75) is 38.6 Å². The topological polar surface area (TPSA) is 40.5 Å². The zero-order valence-corrected chi connectivity index (χ0v) is 12.9. The SMILES string of the molecule is CC1CCCCC1N(C)C(=O)c1sccc1C#CCO. The third-order valence-electron chi connectivity index (χ3n) is 4.05. The van der Waals surface area contributed by atoms with E-state index in [9.17, 15) is 4.79 Å². The summed E-state index contributed by atoms with van der Waals surface area (Å²) in [6.07, 6.45) is 4.76. The van der Waals surface area contributed by atoms with E-state index in [-0.39, 0.29) is 12.5 Å². The number of thiophene rings is 1. The van der Waals surface area contributed by atoms with Gasteiger partial charge in [0.1, 0.15) is 11.5 Å². The minimum atomic E-state index is -0.182. The van der Waals surface area contributed by atoms with E-state index in [1.807, 2.05) is 23.4 Å². The molecule has 1 fully saturated rings. The molecule has 1 saturated carbocycles. The Morgan fingerprint density at radius 3 is 2.95 bits per heavy atom. The molecule has 108 valence electrons. The summed E-state index contributed by atoms with van der Waals surface area (Å²) in [5.41, 5.74) is 0.726. The van der Waals surface area contributed by atoms with Crippen LogP contribution >= 0.6 is 11.3 Å². The highest BCUT2D eigenvalue weighted by Gasteiger charge is 2.29. The lowest BCUT2D eigenvalue weighted by Gasteiger charge is -2.36. The fraction of sp³-hybridized carbons (Fsp3) is 0.562. The van der Waals surface area contributed by atoms with Crippen LogP contribution in [-0.2, 0) is 0 Å². The molecule has 1 heterocycles. The van der Waals surface area contributed by atoms with Gasteiger partial charge in [-0.15, -0.1) is 11.3 Å². The number of rotatable bonds is 2. The molecule has 3 nitrogen and oxygen atoms in total. The van der Waals surface area contributed by atoms with Gasteiger partial charge in [-0.05, 0) is 30.2 Å². The van der Waals surface area contributed by atoms with E-state index in [1.54, 1.807) is 0 Å². The Kier molecular flexibility index (Phi) is 5.22. The maximum atomic E-state index is 12.6. The van der Waals surface area contributed by atoms with Gasteiger partial charge in [-0.25, -0.2) is 0 Å². The molecule has 2 atom stereocenters. The van der Waals surface area contributed by atoms with E-state index in [2.05, 4.69) is 18.8 Å². The number of amides is 1. The van der Waals surface area contributed by atoms with Crippen LogP contribution in [0.25, 0.3) is 0 Å². The fourth-order valence-electron chi connectivity index (χ4n) is 2.89. The smallest absolute Gasteiger partial charge is 0.265 e. The van der Waals surface area contributed by atoms with Crippen molar-refractivity contribution in [3.63, 3.8) is 0 Å². The van der Waals surface area contributed by atoms with Gasteiger partial charge >= 0.3 is 0 Å². The van der Waals surface area contributed by atoms with Crippen LogP contribution < -0.4 is 0 Å². The van der Waals surface area contributed by atoms with Gasteiger partial charge in [0.05, 0.1) is 0 Å². The lowest BCUT2D eigenvalue weighted by atomic mass is 9.85. The largest absolute Gasteiger partial charge is 0.384 e. The highest BCUT2D eigenvalue weighted by Crippen LogP contribution is 2.29. The number of aliphatic hydroxyl groups is 1. The van der Waals surface area contributed by atoms with Crippen molar-refractivity contribution in [3.8, 4) is 11.8 Å². The summed E-state index contributed by atoms with van der Waals surface area (Å²) in [5.74, 6) is 6.09. The lowest BCUT2D eigenvalue weighted by Crippen LogP contribution is -2.42. The second-order valence-electron chi connectivity index (χ2n) is 5.37. The van der Waals surface area contributed by atoms with Crippen LogP contribution in [0, 0.1) is 17.8 Å². The molecule has 1 aliphatic rings. The molecule has 1 aliphatic carbocycles. The highest BCUT2D eigenvalue weighted by molar-refractivity contribution is 7.12. The summed E-state index contributed by atoms with van der Waals surface area (Å²) in [4.78, 5) is 15.2. The average molecular weight is 291 g/mol. The zero-order valence-electron chi connectivity index (χ0n) is 12.1. The Morgan fingerprint density at radius 1 is 1.50 bits per heavy atom. The maximum absolute atomic E-state index is 12.6. The summed E-state index contributed by atoms with van der Waals surface area (Å²) in [6.45, 7) is 2.05. The fourth-order valence-corrected chi connectivity index (χ4v) is 3.72. The third-order valence-corrected chi connectivity index (χ3v) is 4.95. The van der Waals surface area contributed by atoms with Crippen molar-refractivity contribution in [2.24, 2.45) is 5.92 Å². The van der Waals surface area contributed by atoms with Gasteiger partial charge < -0.3 is 10.0 Å². The van der Waals surface area contributed by atoms with Gasteiger partial charge in [0, 0.05) is 18.7 Å². The lowest BCUT2D eigenvalue weighted by molar-refractivity contribution is 0.0633. The number of aliphatic hydroxyl groups excluding tert-OH is 1. The third kappa shape index (κ3) is 3.23. The Bertz CT molecular complexity index is 526. The molecule has 1 aromatic heterocycles. The van der Waals surface area contributed by atoms with Crippen molar-refractivity contribution >= 4 is 17.2 Å². The standard InChI is InChI=1S/C16H21NO2S/c1-12-6-3-4-8-14(12)17(2)16(19)15-13(7-5-10-18)9-11-20-15/h9,11-12,14,18H,3-4,6,8,10H2,1-2H3. The molecule has 1 amide bonds. The second-order valence-corrected chi connectivity index (χ2v) is 6.28. The van der Waals surface area contributed by atoms with E-state index in [4.69, 9.17) is 5.11 Å². The summed E-state index contributed by atoms with van der Waals surface area (Å²) < 4.78 is 0. The number of nitrogens with zero attached hydrogens (tertiary/aromatic N) is 1. The van der Waals surface area contributed by atoms with Crippen molar-refractivity contribution in [2.75, 3.05) is 13.7 Å². The quantitative estimate of drug-likeness (QED) is 0.851. The van der Waals surface area contributed by atoms with Crippen LogP contribution in [0.15, 0.2) is 11.4 Å². The second kappa shape index (κ2) is 6.92. The minimum absolute atomic E-state index is 0.0565. The Labute approximate surface area is 124 Å². The number of carbonyl (C=O) groups is 1. The van der Waals surface area contributed by atoms with Crippen LogP contribution in [0.4, 0.5) is 0 Å². The van der Waals surface area contributed by atoms with Crippen LogP contribution in [0.1, 0.15) is 47.8 Å². The number of hydrogen-bond donors (Lipinski definition) is 1. The van der Waals surface area contributed by atoms with Gasteiger partial charge in [-0.2, -0.15) is 0 Å². The van der Waals surface area contributed by atoms with Crippen molar-refractivity contribution in [1.82, 2.24) is 4.90 Å².